The van der Waals surface area contributed by atoms with E-state index in [1.165, 1.54) is 19.3 Å². The van der Waals surface area contributed by atoms with Gasteiger partial charge in [0.25, 0.3) is 0 Å². The molecule has 0 saturated heterocycles. The van der Waals surface area contributed by atoms with Gasteiger partial charge in [0.05, 0.1) is 18.8 Å². The van der Waals surface area contributed by atoms with Crippen molar-refractivity contribution < 1.29 is 24.5 Å². The molecular weight excluding hydrogens is 368 g/mol. The molecule has 5 heteroatoms. The molecule has 5 nitrogen and oxygen atoms in total. The van der Waals surface area contributed by atoms with Crippen molar-refractivity contribution in [3.63, 3.8) is 0 Å². The van der Waals surface area contributed by atoms with Crippen LogP contribution in [0.25, 0.3) is 0 Å². The van der Waals surface area contributed by atoms with E-state index in [2.05, 4.69) is 27.7 Å². The van der Waals surface area contributed by atoms with Crippen LogP contribution < -0.4 is 0 Å². The highest BCUT2D eigenvalue weighted by Crippen LogP contribution is 2.41. The van der Waals surface area contributed by atoms with Crippen molar-refractivity contribution >= 4 is 5.97 Å². The van der Waals surface area contributed by atoms with Crippen LogP contribution in [0.5, 0.6) is 0 Å². The number of aliphatic hydroxyl groups is 1. The number of carbonyl (C=O) groups is 1. The topological polar surface area (TPSA) is 76.0 Å². The van der Waals surface area contributed by atoms with Gasteiger partial charge in [-0.15, -0.1) is 0 Å². The van der Waals surface area contributed by atoms with Crippen LogP contribution in [0.2, 0.25) is 0 Å². The van der Waals surface area contributed by atoms with E-state index < -0.39 is 18.2 Å². The Morgan fingerprint density at radius 1 is 0.966 bits per heavy atom. The van der Waals surface area contributed by atoms with Gasteiger partial charge in [0.2, 0.25) is 0 Å². The fourth-order valence-corrected chi connectivity index (χ4v) is 5.44. The van der Waals surface area contributed by atoms with E-state index in [0.29, 0.717) is 17.3 Å². The summed E-state index contributed by atoms with van der Waals surface area (Å²) >= 11 is 0. The van der Waals surface area contributed by atoms with E-state index >= 15 is 0 Å². The summed E-state index contributed by atoms with van der Waals surface area (Å²) in [4.78, 5) is 11.8. The third-order valence-corrected chi connectivity index (χ3v) is 7.30. The fraction of sp³-hybridized carbons (Fsp3) is 0.958. The van der Waals surface area contributed by atoms with E-state index in [0.717, 1.165) is 32.1 Å². The average Bonchev–Trinajstić information content (AvgIpc) is 2.61. The molecule has 0 spiro atoms. The lowest BCUT2D eigenvalue weighted by Gasteiger charge is -2.39. The van der Waals surface area contributed by atoms with Gasteiger partial charge in [-0.3, -0.25) is 0 Å². The van der Waals surface area contributed by atoms with Crippen LogP contribution in [0.15, 0.2) is 0 Å². The third kappa shape index (κ3) is 7.52. The summed E-state index contributed by atoms with van der Waals surface area (Å²) in [6.45, 7) is 13.1. The highest BCUT2D eigenvalue weighted by Gasteiger charge is 2.37. The number of rotatable bonds is 9. The molecule has 6 unspecified atom stereocenters. The first kappa shape index (κ1) is 24.6. The molecule has 29 heavy (non-hydrogen) atoms. The Morgan fingerprint density at radius 2 is 1.45 bits per heavy atom. The summed E-state index contributed by atoms with van der Waals surface area (Å²) in [5, 5.41) is 20.2. The predicted molar refractivity (Wildman–Crippen MR) is 115 cm³/mol. The number of aliphatic carboxylic acids is 1. The van der Waals surface area contributed by atoms with Gasteiger partial charge in [-0.05, 0) is 75.0 Å². The van der Waals surface area contributed by atoms with E-state index in [4.69, 9.17) is 9.47 Å². The van der Waals surface area contributed by atoms with E-state index in [-0.39, 0.29) is 24.2 Å². The Bertz CT molecular complexity index is 529. The number of carboxylic acids is 1. The lowest BCUT2D eigenvalue weighted by atomic mass is 9.71. The van der Waals surface area contributed by atoms with Gasteiger partial charge >= 0.3 is 5.97 Å². The summed E-state index contributed by atoms with van der Waals surface area (Å²) in [6.07, 6.45) is 6.52. The maximum Gasteiger partial charge on any atom is 0.335 e. The van der Waals surface area contributed by atoms with E-state index in [9.17, 15) is 15.0 Å². The van der Waals surface area contributed by atoms with Gasteiger partial charge in [0.15, 0.2) is 6.10 Å². The van der Waals surface area contributed by atoms with Crippen molar-refractivity contribution in [2.24, 2.45) is 22.7 Å². The summed E-state index contributed by atoms with van der Waals surface area (Å²) in [5.41, 5.74) is 0.596. The van der Waals surface area contributed by atoms with Gasteiger partial charge in [-0.25, -0.2) is 4.79 Å². The van der Waals surface area contributed by atoms with Gasteiger partial charge in [0.1, 0.15) is 6.10 Å². The molecule has 0 bridgehead atoms. The number of hydrogen-bond donors (Lipinski definition) is 2. The van der Waals surface area contributed by atoms with Gasteiger partial charge in [-0.1, -0.05) is 40.5 Å². The number of aliphatic hydroxyl groups excluding tert-OH is 1. The first-order valence-corrected chi connectivity index (χ1v) is 11.6. The van der Waals surface area contributed by atoms with Crippen LogP contribution in [0.3, 0.4) is 0 Å². The molecule has 6 atom stereocenters. The van der Waals surface area contributed by atoms with E-state index in [1.807, 2.05) is 13.8 Å². The third-order valence-electron chi connectivity index (χ3n) is 7.30. The predicted octanol–water partition coefficient (Wildman–Crippen LogP) is 5.04. The van der Waals surface area contributed by atoms with Gasteiger partial charge < -0.3 is 19.7 Å². The molecule has 0 heterocycles. The number of carboxylic acid groups (broad SMARTS) is 1. The number of hydrogen-bond acceptors (Lipinski definition) is 4. The maximum absolute atomic E-state index is 11.8. The SMILES string of the molecule is CC(OCC(O)C(OC(C)C1CCCC(C)(C)C1)C(=O)O)C1CCCC(C)(C)C1. The summed E-state index contributed by atoms with van der Waals surface area (Å²) in [7, 11) is 0. The Morgan fingerprint density at radius 3 is 1.90 bits per heavy atom. The minimum absolute atomic E-state index is 0.00204. The summed E-state index contributed by atoms with van der Waals surface area (Å²) in [6, 6.07) is 0. The second kappa shape index (κ2) is 10.1. The first-order chi connectivity index (χ1) is 13.4. The molecule has 2 rings (SSSR count). The maximum atomic E-state index is 11.8. The highest BCUT2D eigenvalue weighted by molar-refractivity contribution is 5.73. The monoisotopic (exact) mass is 412 g/mol. The van der Waals surface area contributed by atoms with Gasteiger partial charge in [-0.2, -0.15) is 0 Å². The van der Waals surface area contributed by atoms with Crippen molar-refractivity contribution in [3.8, 4) is 0 Å². The molecule has 0 aromatic rings. The Hall–Kier alpha value is -0.650. The Labute approximate surface area is 177 Å². The zero-order valence-corrected chi connectivity index (χ0v) is 19.4. The van der Waals surface area contributed by atoms with Gasteiger partial charge in [0, 0.05) is 0 Å². The largest absolute Gasteiger partial charge is 0.479 e. The molecule has 170 valence electrons. The van der Waals surface area contributed by atoms with Crippen molar-refractivity contribution in [1.82, 2.24) is 0 Å². The minimum atomic E-state index is -1.25. The second-order valence-corrected chi connectivity index (χ2v) is 11.2. The molecule has 2 aliphatic rings. The standard InChI is InChI=1S/C24H44O5/c1-16(18-9-7-11-23(3,4)13-18)28-15-20(25)21(22(26)27)29-17(2)19-10-8-12-24(5,6)14-19/h16-21,25H,7-15H2,1-6H3,(H,26,27). The Balaban J connectivity index is 1.87. The lowest BCUT2D eigenvalue weighted by Crippen LogP contribution is -2.44. The normalized spacial score (nSPS) is 30.9. The molecule has 0 radical (unpaired) electrons. The molecule has 2 saturated carbocycles. The van der Waals surface area contributed by atoms with Crippen molar-refractivity contribution in [3.05, 3.63) is 0 Å². The van der Waals surface area contributed by atoms with Crippen molar-refractivity contribution in [2.75, 3.05) is 6.61 Å². The van der Waals surface area contributed by atoms with Crippen LogP contribution in [-0.2, 0) is 14.3 Å². The molecule has 0 amide bonds. The first-order valence-electron chi connectivity index (χ1n) is 11.6. The molecular formula is C24H44O5. The zero-order chi connectivity index (χ0) is 21.8. The van der Waals surface area contributed by atoms with Crippen LogP contribution in [0.4, 0.5) is 0 Å². The zero-order valence-electron chi connectivity index (χ0n) is 19.4. The number of ether oxygens (including phenoxy) is 2. The second-order valence-electron chi connectivity index (χ2n) is 11.2. The minimum Gasteiger partial charge on any atom is -0.479 e. The van der Waals surface area contributed by atoms with Crippen molar-refractivity contribution in [1.29, 1.82) is 0 Å². The summed E-state index contributed by atoms with van der Waals surface area (Å²) in [5.74, 6) is -0.329. The highest BCUT2D eigenvalue weighted by atomic mass is 16.5. The molecule has 2 aliphatic carbocycles. The van der Waals surface area contributed by atoms with Crippen LogP contribution >= 0.6 is 0 Å². The molecule has 2 N–H and O–H groups in total. The molecule has 0 aromatic heterocycles. The average molecular weight is 413 g/mol. The smallest absolute Gasteiger partial charge is 0.335 e. The van der Waals surface area contributed by atoms with Crippen LogP contribution in [0.1, 0.15) is 92.9 Å². The quantitative estimate of drug-likeness (QED) is 0.555. The van der Waals surface area contributed by atoms with E-state index in [1.54, 1.807) is 0 Å². The van der Waals surface area contributed by atoms with Crippen molar-refractivity contribution in [2.45, 2.75) is 117 Å². The molecule has 0 aromatic carbocycles. The Kier molecular flexibility index (Phi) is 8.58. The summed E-state index contributed by atoms with van der Waals surface area (Å²) < 4.78 is 11.8. The van der Waals surface area contributed by atoms with Crippen LogP contribution in [0, 0.1) is 22.7 Å². The molecule has 0 aliphatic heterocycles. The molecule has 2 fully saturated rings. The lowest BCUT2D eigenvalue weighted by molar-refractivity contribution is -0.174. The van der Waals surface area contributed by atoms with Crippen LogP contribution in [-0.4, -0.2) is 47.2 Å². The fourth-order valence-electron chi connectivity index (χ4n) is 5.44.